The van der Waals surface area contributed by atoms with E-state index in [1.807, 2.05) is 18.2 Å². The summed E-state index contributed by atoms with van der Waals surface area (Å²) in [6.07, 6.45) is -2.14. The van der Waals surface area contributed by atoms with Crippen LogP contribution in [0.5, 0.6) is 5.75 Å². The van der Waals surface area contributed by atoms with E-state index < -0.39 is 23.4 Å². The van der Waals surface area contributed by atoms with Gasteiger partial charge in [-0.1, -0.05) is 48.5 Å². The van der Waals surface area contributed by atoms with Gasteiger partial charge in [0.15, 0.2) is 0 Å². The Morgan fingerprint density at radius 3 is 2.38 bits per heavy atom. The number of carbonyl (C=O) groups is 1. The average molecular weight is 470 g/mol. The van der Waals surface area contributed by atoms with Crippen molar-refractivity contribution in [1.82, 2.24) is 5.32 Å². The van der Waals surface area contributed by atoms with Crippen LogP contribution < -0.4 is 10.1 Å². The second-order valence-electron chi connectivity index (χ2n) is 9.41. The predicted molar refractivity (Wildman–Crippen MR) is 123 cm³/mol. The van der Waals surface area contributed by atoms with Gasteiger partial charge in [-0.2, -0.15) is 13.2 Å². The number of nitrogens with one attached hydrogen (secondary N) is 1. The minimum atomic E-state index is -4.56. The maximum Gasteiger partial charge on any atom is 0.420 e. The molecule has 2 aliphatic rings. The van der Waals surface area contributed by atoms with E-state index in [-0.39, 0.29) is 23.8 Å². The summed E-state index contributed by atoms with van der Waals surface area (Å²) in [7, 11) is 0. The number of rotatable bonds is 4. The second-order valence-corrected chi connectivity index (χ2v) is 9.41. The lowest BCUT2D eigenvalue weighted by atomic mass is 9.83. The minimum Gasteiger partial charge on any atom is -0.490 e. The molecule has 178 valence electrons. The largest absolute Gasteiger partial charge is 0.490 e. The third-order valence-corrected chi connectivity index (χ3v) is 7.01. The van der Waals surface area contributed by atoms with Crippen LogP contribution in [0.1, 0.15) is 55.2 Å². The molecule has 1 amide bonds. The molecule has 1 heterocycles. The van der Waals surface area contributed by atoms with Crippen molar-refractivity contribution in [3.8, 4) is 5.75 Å². The molecule has 1 N–H and O–H groups in total. The summed E-state index contributed by atoms with van der Waals surface area (Å²) in [4.78, 5) is 11.5. The predicted octanol–water partition coefficient (Wildman–Crippen LogP) is 6.92. The van der Waals surface area contributed by atoms with Crippen LogP contribution in [0.2, 0.25) is 0 Å². The van der Waals surface area contributed by atoms with Crippen LogP contribution in [0.3, 0.4) is 0 Å². The Labute approximate surface area is 196 Å². The number of benzene rings is 3. The van der Waals surface area contributed by atoms with Crippen LogP contribution in [-0.2, 0) is 16.5 Å². The smallest absolute Gasteiger partial charge is 0.420 e. The van der Waals surface area contributed by atoms with Gasteiger partial charge in [0.25, 0.3) is 0 Å². The molecule has 1 unspecified atom stereocenters. The van der Waals surface area contributed by atoms with Gasteiger partial charge >= 0.3 is 12.3 Å². The van der Waals surface area contributed by atoms with E-state index in [1.54, 1.807) is 25.1 Å². The molecule has 0 bridgehead atoms. The van der Waals surface area contributed by atoms with Crippen molar-refractivity contribution in [1.29, 1.82) is 0 Å². The third-order valence-electron chi connectivity index (χ3n) is 7.01. The maximum atomic E-state index is 14.2. The zero-order valence-electron chi connectivity index (χ0n) is 18.8. The fourth-order valence-electron chi connectivity index (χ4n) is 5.13. The molecule has 1 atom stereocenters. The fourth-order valence-corrected chi connectivity index (χ4v) is 5.13. The van der Waals surface area contributed by atoms with Crippen LogP contribution in [0.4, 0.5) is 18.0 Å². The summed E-state index contributed by atoms with van der Waals surface area (Å²) in [6, 6.07) is 18.0. The molecule has 0 spiro atoms. The number of ether oxygens (including phenoxy) is 2. The summed E-state index contributed by atoms with van der Waals surface area (Å²) in [6.45, 7) is 1.91. The number of fused-ring (bicyclic) bond motifs is 1. The molecule has 7 heteroatoms. The van der Waals surface area contributed by atoms with E-state index in [2.05, 4.69) is 17.4 Å². The molecule has 34 heavy (non-hydrogen) atoms. The highest BCUT2D eigenvalue weighted by Gasteiger charge is 2.39. The van der Waals surface area contributed by atoms with Crippen molar-refractivity contribution < 1.29 is 27.4 Å². The quantitative estimate of drug-likeness (QED) is 0.451. The number of amides is 1. The van der Waals surface area contributed by atoms with Crippen LogP contribution in [-0.4, -0.2) is 18.8 Å². The Kier molecular flexibility index (Phi) is 5.66. The first-order valence-electron chi connectivity index (χ1n) is 11.5. The molecule has 1 saturated carbocycles. The van der Waals surface area contributed by atoms with Gasteiger partial charge in [0.2, 0.25) is 0 Å². The molecule has 2 fully saturated rings. The van der Waals surface area contributed by atoms with Crippen LogP contribution in [0.25, 0.3) is 10.8 Å². The minimum absolute atomic E-state index is 0.0839. The topological polar surface area (TPSA) is 47.6 Å². The number of alkyl carbamates (subject to hydrolysis) is 1. The molecule has 1 aliphatic heterocycles. The highest BCUT2D eigenvalue weighted by Crippen LogP contribution is 2.44. The van der Waals surface area contributed by atoms with Gasteiger partial charge in [0, 0.05) is 0 Å². The zero-order valence-corrected chi connectivity index (χ0v) is 18.8. The van der Waals surface area contributed by atoms with Gasteiger partial charge in [0.1, 0.15) is 17.9 Å². The molecule has 3 aromatic rings. The molecule has 0 radical (unpaired) electrons. The number of hydrogen-bond acceptors (Lipinski definition) is 3. The fraction of sp³-hybridized carbons (Fsp3) is 0.370. The Bertz CT molecular complexity index is 1200. The Morgan fingerprint density at radius 1 is 1.00 bits per heavy atom. The standard InChI is InChI=1S/C27H26F3NO3/c1-26(16-33-25(32)31-26)20-10-13-22-19(15-20)9-14-23(24(22)27(28,29)30)34-21-11-7-18(8-12-21)17-5-3-2-4-6-17/h2-6,9-10,13-15,18,21H,7-8,11-12,16H2,1H3,(H,31,32). The Hall–Kier alpha value is -3.22. The van der Waals surface area contributed by atoms with Crippen molar-refractivity contribution in [3.05, 3.63) is 77.4 Å². The summed E-state index contributed by atoms with van der Waals surface area (Å²) >= 11 is 0. The lowest BCUT2D eigenvalue weighted by Gasteiger charge is -2.30. The summed E-state index contributed by atoms with van der Waals surface area (Å²) in [5, 5.41) is 3.25. The van der Waals surface area contributed by atoms with Crippen LogP contribution in [0, 0.1) is 0 Å². The molecule has 4 nitrogen and oxygen atoms in total. The maximum absolute atomic E-state index is 14.2. The van der Waals surface area contributed by atoms with Crippen molar-refractivity contribution in [2.24, 2.45) is 0 Å². The van der Waals surface area contributed by atoms with E-state index in [0.29, 0.717) is 29.7 Å². The normalized spacial score (nSPS) is 25.1. The third kappa shape index (κ3) is 4.31. The van der Waals surface area contributed by atoms with Crippen LogP contribution >= 0.6 is 0 Å². The SMILES string of the molecule is CC1(c2ccc3c(C(F)(F)F)c(OC4CCC(c5ccccc5)CC4)ccc3c2)COC(=O)N1. The second kappa shape index (κ2) is 8.53. The van der Waals surface area contributed by atoms with Gasteiger partial charge in [-0.15, -0.1) is 0 Å². The van der Waals surface area contributed by atoms with Crippen LogP contribution in [0.15, 0.2) is 60.7 Å². The molecule has 1 aliphatic carbocycles. The lowest BCUT2D eigenvalue weighted by molar-refractivity contribution is -0.138. The molecule has 1 saturated heterocycles. The average Bonchev–Trinajstić information content (AvgIpc) is 3.18. The van der Waals surface area contributed by atoms with Gasteiger partial charge in [-0.3, -0.25) is 0 Å². The Balaban J connectivity index is 1.40. The van der Waals surface area contributed by atoms with E-state index in [0.717, 1.165) is 12.8 Å². The molecule has 5 rings (SSSR count). The van der Waals surface area contributed by atoms with E-state index >= 15 is 0 Å². The number of cyclic esters (lactones) is 1. The number of hydrogen-bond donors (Lipinski definition) is 1. The summed E-state index contributed by atoms with van der Waals surface area (Å²) < 4.78 is 53.5. The summed E-state index contributed by atoms with van der Waals surface area (Å²) in [5.74, 6) is 0.291. The number of halogens is 3. The van der Waals surface area contributed by atoms with Gasteiger partial charge in [0.05, 0.1) is 11.6 Å². The molecule has 0 aromatic heterocycles. The van der Waals surface area contributed by atoms with Gasteiger partial charge < -0.3 is 14.8 Å². The summed E-state index contributed by atoms with van der Waals surface area (Å²) in [5.41, 5.74) is 0.428. The zero-order chi connectivity index (χ0) is 23.9. The molecular formula is C27H26F3NO3. The molecule has 3 aromatic carbocycles. The monoisotopic (exact) mass is 469 g/mol. The van der Waals surface area contributed by atoms with E-state index in [1.165, 1.54) is 17.7 Å². The number of carbonyl (C=O) groups excluding carboxylic acids is 1. The van der Waals surface area contributed by atoms with Crippen molar-refractivity contribution in [2.75, 3.05) is 6.61 Å². The molecular weight excluding hydrogens is 443 g/mol. The first-order chi connectivity index (χ1) is 16.2. The number of alkyl halides is 3. The highest BCUT2D eigenvalue weighted by molar-refractivity contribution is 5.89. The first-order valence-corrected chi connectivity index (χ1v) is 11.5. The van der Waals surface area contributed by atoms with Gasteiger partial charge in [-0.05, 0) is 72.6 Å². The lowest BCUT2D eigenvalue weighted by Crippen LogP contribution is -2.37. The van der Waals surface area contributed by atoms with E-state index in [4.69, 9.17) is 9.47 Å². The van der Waals surface area contributed by atoms with Crippen molar-refractivity contribution >= 4 is 16.9 Å². The van der Waals surface area contributed by atoms with E-state index in [9.17, 15) is 18.0 Å². The van der Waals surface area contributed by atoms with Crippen molar-refractivity contribution in [3.63, 3.8) is 0 Å². The Morgan fingerprint density at radius 2 is 1.74 bits per heavy atom. The van der Waals surface area contributed by atoms with Gasteiger partial charge in [-0.25, -0.2) is 4.79 Å². The van der Waals surface area contributed by atoms with Crippen molar-refractivity contribution in [2.45, 2.75) is 56.3 Å². The highest BCUT2D eigenvalue weighted by atomic mass is 19.4. The first kappa shape index (κ1) is 22.6.